The van der Waals surface area contributed by atoms with E-state index >= 15 is 0 Å². The number of hydrogen-bond donors (Lipinski definition) is 0. The van der Waals surface area contributed by atoms with Crippen molar-refractivity contribution in [2.45, 2.75) is 0 Å². The average Bonchev–Trinajstić information content (AvgIpc) is 2.82. The molecule has 1 aliphatic rings. The van der Waals surface area contributed by atoms with Gasteiger partial charge in [-0.15, -0.1) is 0 Å². The third-order valence-corrected chi connectivity index (χ3v) is 2.25. The van der Waals surface area contributed by atoms with Crippen molar-refractivity contribution in [3.63, 3.8) is 0 Å². The summed E-state index contributed by atoms with van der Waals surface area (Å²) in [4.78, 5) is 0. The maximum atomic E-state index is 8.98. The van der Waals surface area contributed by atoms with Gasteiger partial charge in [-0.05, 0) is 23.8 Å². The van der Waals surface area contributed by atoms with E-state index in [0.29, 0.717) is 17.1 Å². The fraction of sp³-hybridized carbons (Fsp3) is 0.0833. The highest BCUT2D eigenvalue weighted by Crippen LogP contribution is 2.34. The Morgan fingerprint density at radius 3 is 2.35 bits per heavy atom. The van der Waals surface area contributed by atoms with Gasteiger partial charge in [0, 0.05) is 0 Å². The molecule has 0 unspecified atom stereocenters. The fourth-order valence-corrected chi connectivity index (χ4v) is 1.45. The van der Waals surface area contributed by atoms with Crippen LogP contribution >= 0.6 is 0 Å². The van der Waals surface area contributed by atoms with Gasteiger partial charge < -0.3 is 9.47 Å². The van der Waals surface area contributed by atoms with Gasteiger partial charge in [0.15, 0.2) is 11.5 Å². The predicted octanol–water partition coefficient (Wildman–Crippen LogP) is 1.74. The number of hydrogen-bond acceptors (Lipinski definition) is 5. The normalized spacial score (nSPS) is 10.9. The molecule has 0 aliphatic carbocycles. The summed E-state index contributed by atoms with van der Waals surface area (Å²) in [5.41, 5.74) is 0.287. The largest absolute Gasteiger partial charge is 0.454 e. The van der Waals surface area contributed by atoms with Crippen molar-refractivity contribution in [3.05, 3.63) is 29.3 Å². The van der Waals surface area contributed by atoms with Gasteiger partial charge in [-0.3, -0.25) is 0 Å². The number of fused-ring (bicyclic) bond motifs is 1. The number of ether oxygens (including phenoxy) is 2. The predicted molar refractivity (Wildman–Crippen MR) is 56.3 cm³/mol. The molecule has 5 nitrogen and oxygen atoms in total. The van der Waals surface area contributed by atoms with Crippen LogP contribution in [0.4, 0.5) is 0 Å². The quantitative estimate of drug-likeness (QED) is 0.676. The fourth-order valence-electron chi connectivity index (χ4n) is 1.45. The summed E-state index contributed by atoms with van der Waals surface area (Å²) in [7, 11) is 0. The van der Waals surface area contributed by atoms with Crippen LogP contribution in [-0.4, -0.2) is 6.79 Å². The number of nitrogens with zero attached hydrogens (tertiary/aromatic N) is 3. The van der Waals surface area contributed by atoms with Gasteiger partial charge in [-0.25, -0.2) is 0 Å². The van der Waals surface area contributed by atoms with Gasteiger partial charge in [0.1, 0.15) is 23.8 Å². The highest BCUT2D eigenvalue weighted by molar-refractivity contribution is 5.85. The van der Waals surface area contributed by atoms with Gasteiger partial charge in [0.2, 0.25) is 6.79 Å². The van der Waals surface area contributed by atoms with Gasteiger partial charge in [0.25, 0.3) is 0 Å². The Bertz CT molecular complexity index is 611. The van der Waals surface area contributed by atoms with Gasteiger partial charge in [-0.2, -0.15) is 15.8 Å². The van der Waals surface area contributed by atoms with E-state index < -0.39 is 0 Å². The van der Waals surface area contributed by atoms with Crippen LogP contribution in [0.25, 0.3) is 5.57 Å². The molecule has 2 rings (SSSR count). The molecule has 0 N–H and O–H groups in total. The van der Waals surface area contributed by atoms with Crippen molar-refractivity contribution in [1.29, 1.82) is 15.8 Å². The van der Waals surface area contributed by atoms with Crippen LogP contribution in [0.1, 0.15) is 5.56 Å². The first-order chi connectivity index (χ1) is 8.30. The lowest BCUT2D eigenvalue weighted by atomic mass is 10.0. The Labute approximate surface area is 97.3 Å². The summed E-state index contributed by atoms with van der Waals surface area (Å²) in [6, 6.07) is 10.1. The number of nitriles is 3. The summed E-state index contributed by atoms with van der Waals surface area (Å²) < 4.78 is 10.3. The second-order valence-electron chi connectivity index (χ2n) is 3.15. The van der Waals surface area contributed by atoms with E-state index in [1.54, 1.807) is 30.3 Å². The molecule has 5 heteroatoms. The summed E-state index contributed by atoms with van der Waals surface area (Å²) in [6.07, 6.45) is 0. The van der Waals surface area contributed by atoms with Crippen molar-refractivity contribution < 1.29 is 9.47 Å². The molecule has 0 spiro atoms. The van der Waals surface area contributed by atoms with Crippen LogP contribution in [0.3, 0.4) is 0 Å². The molecule has 0 saturated heterocycles. The SMILES string of the molecule is N#CC(C#N)=C(C#N)c1ccc2c(c1)OCO2. The van der Waals surface area contributed by atoms with Crippen LogP contribution in [-0.2, 0) is 0 Å². The van der Waals surface area contributed by atoms with E-state index in [1.165, 1.54) is 0 Å². The van der Waals surface area contributed by atoms with Gasteiger partial charge >= 0.3 is 0 Å². The van der Waals surface area contributed by atoms with Crippen molar-refractivity contribution in [2.24, 2.45) is 0 Å². The minimum absolute atomic E-state index is 0.0355. The molecular formula is C12H5N3O2. The Morgan fingerprint density at radius 2 is 1.71 bits per heavy atom. The molecule has 17 heavy (non-hydrogen) atoms. The first kappa shape index (κ1) is 10.5. The maximum absolute atomic E-state index is 8.98. The lowest BCUT2D eigenvalue weighted by Crippen LogP contribution is -1.93. The number of benzene rings is 1. The zero-order chi connectivity index (χ0) is 12.3. The average molecular weight is 223 g/mol. The molecule has 1 aliphatic heterocycles. The van der Waals surface area contributed by atoms with Crippen molar-refractivity contribution in [1.82, 2.24) is 0 Å². The zero-order valence-electron chi connectivity index (χ0n) is 8.60. The standard InChI is InChI=1S/C12H5N3O2/c13-4-9(5-14)10(6-15)8-1-2-11-12(3-8)17-7-16-11/h1-3H,7H2. The Hall–Kier alpha value is -2.97. The Balaban J connectivity index is 2.56. The summed E-state index contributed by atoms with van der Waals surface area (Å²) >= 11 is 0. The third-order valence-electron chi connectivity index (χ3n) is 2.25. The number of allylic oxidation sites excluding steroid dienone is 2. The summed E-state index contributed by atoms with van der Waals surface area (Å²) in [6.45, 7) is 0.133. The lowest BCUT2D eigenvalue weighted by molar-refractivity contribution is 0.174. The molecule has 1 heterocycles. The van der Waals surface area contributed by atoms with Crippen LogP contribution < -0.4 is 9.47 Å². The minimum Gasteiger partial charge on any atom is -0.454 e. The molecule has 0 atom stereocenters. The van der Waals surface area contributed by atoms with Crippen LogP contribution in [0.5, 0.6) is 11.5 Å². The molecule has 0 radical (unpaired) electrons. The van der Waals surface area contributed by atoms with Gasteiger partial charge in [0.05, 0.1) is 5.57 Å². The lowest BCUT2D eigenvalue weighted by Gasteiger charge is -2.00. The smallest absolute Gasteiger partial charge is 0.231 e. The topological polar surface area (TPSA) is 89.8 Å². The van der Waals surface area contributed by atoms with Crippen molar-refractivity contribution in [2.75, 3.05) is 6.79 Å². The Kier molecular flexibility index (Phi) is 2.64. The summed E-state index contributed by atoms with van der Waals surface area (Å²) in [5.74, 6) is 1.09. The molecular weight excluding hydrogens is 218 g/mol. The Morgan fingerprint density at radius 1 is 1.00 bits per heavy atom. The van der Waals surface area contributed by atoms with E-state index in [9.17, 15) is 0 Å². The van der Waals surface area contributed by atoms with E-state index in [4.69, 9.17) is 25.3 Å². The van der Waals surface area contributed by atoms with Crippen molar-refractivity contribution in [3.8, 4) is 29.7 Å². The highest BCUT2D eigenvalue weighted by Gasteiger charge is 2.16. The highest BCUT2D eigenvalue weighted by atomic mass is 16.7. The van der Waals surface area contributed by atoms with Crippen molar-refractivity contribution >= 4 is 5.57 Å². The molecule has 0 aromatic heterocycles. The molecule has 0 amide bonds. The van der Waals surface area contributed by atoms with E-state index in [1.807, 2.05) is 6.07 Å². The van der Waals surface area contributed by atoms with Gasteiger partial charge in [-0.1, -0.05) is 0 Å². The monoisotopic (exact) mass is 223 g/mol. The van der Waals surface area contributed by atoms with Crippen LogP contribution in [0.15, 0.2) is 23.8 Å². The minimum atomic E-state index is -0.216. The first-order valence-electron chi connectivity index (χ1n) is 4.64. The third kappa shape index (κ3) is 1.76. The van der Waals surface area contributed by atoms with Crippen LogP contribution in [0.2, 0.25) is 0 Å². The van der Waals surface area contributed by atoms with E-state index in [-0.39, 0.29) is 17.9 Å². The molecule has 1 aromatic rings. The van der Waals surface area contributed by atoms with E-state index in [0.717, 1.165) is 0 Å². The van der Waals surface area contributed by atoms with Crippen LogP contribution in [0, 0.1) is 34.0 Å². The molecule has 80 valence electrons. The molecule has 0 bridgehead atoms. The second kappa shape index (κ2) is 4.26. The maximum Gasteiger partial charge on any atom is 0.231 e. The first-order valence-corrected chi connectivity index (χ1v) is 4.64. The van der Waals surface area contributed by atoms with E-state index in [2.05, 4.69) is 0 Å². The molecule has 0 saturated carbocycles. The molecule has 1 aromatic carbocycles. The summed E-state index contributed by atoms with van der Waals surface area (Å²) in [5, 5.41) is 26.5. The molecule has 0 fully saturated rings. The number of rotatable bonds is 1. The second-order valence-corrected chi connectivity index (χ2v) is 3.15. The zero-order valence-corrected chi connectivity index (χ0v) is 8.60.